The molecule has 3 aromatic rings. The fourth-order valence-electron chi connectivity index (χ4n) is 7.29. The van der Waals surface area contributed by atoms with Crippen LogP contribution in [0.15, 0.2) is 60.8 Å². The zero-order valence-electron chi connectivity index (χ0n) is 27.0. The normalized spacial score (nSPS) is 24.9. The Bertz CT molecular complexity index is 1640. The molecule has 2 aliphatic heterocycles. The SMILES string of the molecule is O=C1CN(C(=O)CC2CCCC2)CCNC(=O)[C@H](Cc2ccccc2)NC(=O)[C@@H]2C[C@@H](O)CN2C(=O)[C@@H](Cc2c[nH]c3ccccc23)N1. The van der Waals surface area contributed by atoms with Gasteiger partial charge in [0.05, 0.1) is 12.6 Å². The van der Waals surface area contributed by atoms with E-state index in [1.165, 1.54) is 9.80 Å². The summed E-state index contributed by atoms with van der Waals surface area (Å²) in [5, 5.41) is 20.1. The Hall–Kier alpha value is -4.71. The highest BCUT2D eigenvalue weighted by Crippen LogP contribution is 2.28. The molecule has 5 N–H and O–H groups in total. The molecule has 12 nitrogen and oxygen atoms in total. The molecule has 1 aliphatic carbocycles. The number of para-hydroxylation sites is 1. The van der Waals surface area contributed by atoms with Crippen molar-refractivity contribution in [1.29, 1.82) is 0 Å². The Labute approximate surface area is 279 Å². The number of H-pyrrole nitrogens is 1. The van der Waals surface area contributed by atoms with Crippen LogP contribution in [0.2, 0.25) is 0 Å². The number of hydrogen-bond donors (Lipinski definition) is 5. The van der Waals surface area contributed by atoms with Crippen LogP contribution in [0.5, 0.6) is 0 Å². The highest BCUT2D eigenvalue weighted by Gasteiger charge is 2.43. The van der Waals surface area contributed by atoms with Gasteiger partial charge in [-0.25, -0.2) is 0 Å². The molecule has 0 bridgehead atoms. The fraction of sp³-hybridized carbons (Fsp3) is 0.472. The van der Waals surface area contributed by atoms with Crippen molar-refractivity contribution >= 4 is 40.4 Å². The van der Waals surface area contributed by atoms with Crippen LogP contribution in [0.3, 0.4) is 0 Å². The third-order valence-electron chi connectivity index (χ3n) is 9.82. The monoisotopic (exact) mass is 656 g/mol. The number of carbonyl (C=O) groups is 5. The van der Waals surface area contributed by atoms with Gasteiger partial charge in [-0.15, -0.1) is 0 Å². The number of carbonyl (C=O) groups excluding carboxylic acids is 5. The van der Waals surface area contributed by atoms with E-state index >= 15 is 0 Å². The molecule has 0 unspecified atom stereocenters. The molecule has 5 amide bonds. The van der Waals surface area contributed by atoms with Crippen molar-refractivity contribution in [2.75, 3.05) is 26.2 Å². The third kappa shape index (κ3) is 7.87. The number of fused-ring (bicyclic) bond motifs is 2. The molecular weight excluding hydrogens is 612 g/mol. The third-order valence-corrected chi connectivity index (χ3v) is 9.82. The number of aliphatic hydroxyl groups is 1. The number of nitrogens with one attached hydrogen (secondary N) is 4. The summed E-state index contributed by atoms with van der Waals surface area (Å²) in [4.78, 5) is 74.8. The lowest BCUT2D eigenvalue weighted by Crippen LogP contribution is -2.57. The van der Waals surface area contributed by atoms with Gasteiger partial charge >= 0.3 is 0 Å². The molecule has 4 atom stereocenters. The number of rotatable bonds is 6. The summed E-state index contributed by atoms with van der Waals surface area (Å²) in [5.74, 6) is -1.95. The number of aliphatic hydroxyl groups excluding tert-OH is 1. The molecule has 1 saturated carbocycles. The molecule has 48 heavy (non-hydrogen) atoms. The lowest BCUT2D eigenvalue weighted by molar-refractivity contribution is -0.142. The Morgan fingerprint density at radius 1 is 0.875 bits per heavy atom. The number of hydrogen-bond acceptors (Lipinski definition) is 6. The van der Waals surface area contributed by atoms with Crippen LogP contribution in [0.25, 0.3) is 10.9 Å². The van der Waals surface area contributed by atoms with E-state index in [0.717, 1.165) is 47.7 Å². The molecule has 2 saturated heterocycles. The second-order valence-electron chi connectivity index (χ2n) is 13.3. The molecule has 2 aromatic carbocycles. The molecule has 3 heterocycles. The fourth-order valence-corrected chi connectivity index (χ4v) is 7.29. The minimum atomic E-state index is -1.07. The topological polar surface area (TPSA) is 164 Å². The van der Waals surface area contributed by atoms with E-state index in [1.807, 2.05) is 54.6 Å². The lowest BCUT2D eigenvalue weighted by atomic mass is 10.0. The van der Waals surface area contributed by atoms with Crippen molar-refractivity contribution in [2.24, 2.45) is 5.92 Å². The molecular formula is C36H44N6O6. The predicted octanol–water partition coefficient (Wildman–Crippen LogP) is 1.42. The van der Waals surface area contributed by atoms with Gasteiger partial charge in [0, 0.05) is 62.4 Å². The first-order chi connectivity index (χ1) is 23.2. The first-order valence-corrected chi connectivity index (χ1v) is 17.0. The lowest BCUT2D eigenvalue weighted by Gasteiger charge is -2.30. The summed E-state index contributed by atoms with van der Waals surface area (Å²) in [7, 11) is 0. The van der Waals surface area contributed by atoms with Gasteiger partial charge in [0.15, 0.2) is 0 Å². The molecule has 12 heteroatoms. The van der Waals surface area contributed by atoms with E-state index in [4.69, 9.17) is 0 Å². The van der Waals surface area contributed by atoms with Crippen molar-refractivity contribution < 1.29 is 29.1 Å². The van der Waals surface area contributed by atoms with E-state index in [9.17, 15) is 29.1 Å². The van der Waals surface area contributed by atoms with Crippen LogP contribution in [0.1, 0.15) is 49.7 Å². The molecule has 0 radical (unpaired) electrons. The van der Waals surface area contributed by atoms with E-state index in [1.54, 1.807) is 6.20 Å². The quantitative estimate of drug-likeness (QED) is 0.270. The van der Waals surface area contributed by atoms with Crippen LogP contribution in [-0.4, -0.2) is 99.8 Å². The van der Waals surface area contributed by atoms with Gasteiger partial charge in [0.2, 0.25) is 29.5 Å². The van der Waals surface area contributed by atoms with Gasteiger partial charge in [-0.2, -0.15) is 0 Å². The minimum absolute atomic E-state index is 0.00551. The van der Waals surface area contributed by atoms with Gasteiger partial charge in [-0.05, 0) is 36.0 Å². The second-order valence-corrected chi connectivity index (χ2v) is 13.3. The van der Waals surface area contributed by atoms with Crippen LogP contribution in [0, 0.1) is 5.92 Å². The highest BCUT2D eigenvalue weighted by atomic mass is 16.3. The van der Waals surface area contributed by atoms with E-state index in [-0.39, 0.29) is 57.3 Å². The van der Waals surface area contributed by atoms with Crippen LogP contribution >= 0.6 is 0 Å². The number of benzene rings is 2. The second kappa shape index (κ2) is 15.0. The molecule has 6 rings (SSSR count). The predicted molar refractivity (Wildman–Crippen MR) is 178 cm³/mol. The average molecular weight is 657 g/mol. The largest absolute Gasteiger partial charge is 0.391 e. The van der Waals surface area contributed by atoms with Gasteiger partial charge in [0.1, 0.15) is 18.1 Å². The summed E-state index contributed by atoms with van der Waals surface area (Å²) < 4.78 is 0. The summed E-state index contributed by atoms with van der Waals surface area (Å²) >= 11 is 0. The Morgan fingerprint density at radius 3 is 2.42 bits per heavy atom. The zero-order chi connectivity index (χ0) is 33.6. The van der Waals surface area contributed by atoms with Crippen molar-refractivity contribution in [3.63, 3.8) is 0 Å². The van der Waals surface area contributed by atoms with Crippen LogP contribution in [0.4, 0.5) is 0 Å². The van der Waals surface area contributed by atoms with Crippen LogP contribution < -0.4 is 16.0 Å². The molecule has 3 fully saturated rings. The molecule has 254 valence electrons. The number of aromatic amines is 1. The summed E-state index contributed by atoms with van der Waals surface area (Å²) in [6.07, 6.45) is 5.56. The molecule has 1 aromatic heterocycles. The smallest absolute Gasteiger partial charge is 0.246 e. The minimum Gasteiger partial charge on any atom is -0.391 e. The van der Waals surface area contributed by atoms with Gasteiger partial charge in [-0.3, -0.25) is 24.0 Å². The number of aromatic nitrogens is 1. The zero-order valence-corrected chi connectivity index (χ0v) is 27.0. The first kappa shape index (κ1) is 33.2. The van der Waals surface area contributed by atoms with Crippen LogP contribution in [-0.2, 0) is 36.8 Å². The Balaban J connectivity index is 1.31. The van der Waals surface area contributed by atoms with E-state index < -0.39 is 47.9 Å². The summed E-state index contributed by atoms with van der Waals surface area (Å²) in [6, 6.07) is 13.8. The van der Waals surface area contributed by atoms with Gasteiger partial charge < -0.3 is 35.8 Å². The van der Waals surface area contributed by atoms with Crippen molar-refractivity contribution in [2.45, 2.75) is 75.6 Å². The van der Waals surface area contributed by atoms with Crippen molar-refractivity contribution in [1.82, 2.24) is 30.7 Å². The number of amides is 5. The molecule has 0 spiro atoms. The maximum absolute atomic E-state index is 14.3. The molecule has 3 aliphatic rings. The number of nitrogens with zero attached hydrogens (tertiary/aromatic N) is 2. The van der Waals surface area contributed by atoms with Gasteiger partial charge in [0.25, 0.3) is 0 Å². The van der Waals surface area contributed by atoms with Gasteiger partial charge in [-0.1, -0.05) is 61.4 Å². The van der Waals surface area contributed by atoms with Crippen molar-refractivity contribution in [3.05, 3.63) is 71.9 Å². The maximum Gasteiger partial charge on any atom is 0.246 e. The van der Waals surface area contributed by atoms with Crippen molar-refractivity contribution in [3.8, 4) is 0 Å². The highest BCUT2D eigenvalue weighted by molar-refractivity contribution is 5.96. The summed E-state index contributed by atoms with van der Waals surface area (Å²) in [5.41, 5.74) is 2.51. The first-order valence-electron chi connectivity index (χ1n) is 17.0. The average Bonchev–Trinajstić information content (AvgIpc) is 3.84. The Morgan fingerprint density at radius 2 is 1.62 bits per heavy atom. The van der Waals surface area contributed by atoms with E-state index in [0.29, 0.717) is 6.42 Å². The Kier molecular flexibility index (Phi) is 10.4. The summed E-state index contributed by atoms with van der Waals surface area (Å²) in [6.45, 7) is -0.206. The maximum atomic E-state index is 14.3. The standard InChI is InChI=1S/C36H44N6O6/c43-26-19-31-35(47)40-29(16-23-8-2-1-3-9-23)34(46)37-14-15-41(33(45)17-24-10-4-5-11-24)22-32(44)39-30(36(48)42(31)21-26)18-25-20-38-28-13-7-6-12-27(25)28/h1-3,6-9,12-13,20,24,26,29-31,38,43H,4-5,10-11,14-19,21-22H2,(H,37,46)(H,39,44)(H,40,47)/t26-,29+,30-,31+/m1/s1. The van der Waals surface area contributed by atoms with E-state index in [2.05, 4.69) is 20.9 Å².